The third-order valence-corrected chi connectivity index (χ3v) is 6.59. The van der Waals surface area contributed by atoms with Gasteiger partial charge in [0.15, 0.2) is 0 Å². The molecule has 1 amide bonds. The number of benzene rings is 1. The number of nitrogens with one attached hydrogen (secondary N) is 1. The fourth-order valence-electron chi connectivity index (χ4n) is 5.01. The first kappa shape index (κ1) is 21.4. The number of aliphatic hydroxyl groups excluding tert-OH is 1. The molecule has 4 atom stereocenters. The van der Waals surface area contributed by atoms with Crippen molar-refractivity contribution >= 4 is 22.8 Å². The lowest BCUT2D eigenvalue weighted by Crippen LogP contribution is -2.47. The zero-order chi connectivity index (χ0) is 21.1. The van der Waals surface area contributed by atoms with Crippen LogP contribution in [0.4, 0.5) is 0 Å². The molecule has 0 unspecified atom stereocenters. The summed E-state index contributed by atoms with van der Waals surface area (Å²) in [5.74, 6) is -0.0227. The van der Waals surface area contributed by atoms with Crippen molar-refractivity contribution in [2.45, 2.75) is 46.1 Å². The highest BCUT2D eigenvalue weighted by Crippen LogP contribution is 2.44. The molecule has 2 N–H and O–H groups in total. The molecular formula is C23H32N2O4. The van der Waals surface area contributed by atoms with Crippen molar-refractivity contribution in [1.82, 2.24) is 9.88 Å². The molecule has 3 rings (SSSR count). The highest BCUT2D eigenvalue weighted by molar-refractivity contribution is 5.85. The molecule has 1 fully saturated rings. The Hall–Kier alpha value is -2.34. The van der Waals surface area contributed by atoms with E-state index in [9.17, 15) is 14.7 Å². The number of ether oxygens (including phenoxy) is 1. The minimum atomic E-state index is -0.229. The van der Waals surface area contributed by atoms with Crippen LogP contribution in [0.2, 0.25) is 0 Å². The third-order valence-electron chi connectivity index (χ3n) is 6.59. The summed E-state index contributed by atoms with van der Waals surface area (Å²) in [7, 11) is 1.43. The highest BCUT2D eigenvalue weighted by atomic mass is 16.5. The number of aromatic amines is 1. The van der Waals surface area contributed by atoms with Crippen LogP contribution in [-0.2, 0) is 20.7 Å². The molecule has 2 aromatic rings. The fourth-order valence-corrected chi connectivity index (χ4v) is 5.01. The molecule has 158 valence electrons. The molecule has 0 saturated carbocycles. The smallest absolute Gasteiger partial charge is 0.308 e. The molecule has 1 aliphatic rings. The number of amides is 1. The number of carbonyl (C=O) groups is 2. The van der Waals surface area contributed by atoms with Crippen LogP contribution >= 0.6 is 0 Å². The Balaban J connectivity index is 2.07. The average Bonchev–Trinajstić information content (AvgIpc) is 3.10. The second kappa shape index (κ2) is 8.99. The molecule has 1 saturated heterocycles. The molecule has 1 aromatic heterocycles. The second-order valence-corrected chi connectivity index (χ2v) is 8.10. The van der Waals surface area contributed by atoms with Crippen LogP contribution in [0.25, 0.3) is 10.9 Å². The number of para-hydroxylation sites is 1. The topological polar surface area (TPSA) is 82.6 Å². The molecule has 0 bridgehead atoms. The molecule has 0 radical (unpaired) electrons. The standard InChI is InChI=1S/C23H32N2O4/c1-5-16-13-25(15(3)27)21(12-19(16)14(2)23(28)29-4)22-18(10-11-26)17-8-6-7-9-20(17)24-22/h6-9,14,16,19,21,24,26H,5,10-13H2,1-4H3/t14-,16-,19+,21-/m0/s1. The molecule has 6 nitrogen and oxygen atoms in total. The second-order valence-electron chi connectivity index (χ2n) is 8.10. The molecule has 2 heterocycles. The lowest BCUT2D eigenvalue weighted by molar-refractivity contribution is -0.150. The van der Waals surface area contributed by atoms with E-state index in [-0.39, 0.29) is 42.3 Å². The maximum Gasteiger partial charge on any atom is 0.308 e. The number of methoxy groups -OCH3 is 1. The van der Waals surface area contributed by atoms with Crippen molar-refractivity contribution in [2.24, 2.45) is 17.8 Å². The normalized spacial score (nSPS) is 23.2. The van der Waals surface area contributed by atoms with E-state index in [1.54, 1.807) is 6.92 Å². The van der Waals surface area contributed by atoms with Crippen molar-refractivity contribution in [3.8, 4) is 0 Å². The van der Waals surface area contributed by atoms with Crippen LogP contribution in [0, 0.1) is 17.8 Å². The van der Waals surface area contributed by atoms with E-state index in [2.05, 4.69) is 11.9 Å². The van der Waals surface area contributed by atoms with Gasteiger partial charge < -0.3 is 19.7 Å². The monoisotopic (exact) mass is 400 g/mol. The number of carbonyl (C=O) groups excluding carboxylic acids is 2. The largest absolute Gasteiger partial charge is 0.469 e. The van der Waals surface area contributed by atoms with Crippen LogP contribution in [0.1, 0.15) is 50.9 Å². The van der Waals surface area contributed by atoms with E-state index in [1.165, 1.54) is 7.11 Å². The zero-order valence-electron chi connectivity index (χ0n) is 17.8. The Bertz CT molecular complexity index is 875. The van der Waals surface area contributed by atoms with Gasteiger partial charge in [-0.05, 0) is 36.3 Å². The minimum absolute atomic E-state index is 0.0335. The quantitative estimate of drug-likeness (QED) is 0.728. The number of hydrogen-bond donors (Lipinski definition) is 2. The number of piperidine rings is 1. The number of rotatable bonds is 6. The highest BCUT2D eigenvalue weighted by Gasteiger charge is 2.42. The zero-order valence-corrected chi connectivity index (χ0v) is 17.8. The Kier molecular flexibility index (Phi) is 6.63. The first-order valence-corrected chi connectivity index (χ1v) is 10.5. The summed E-state index contributed by atoms with van der Waals surface area (Å²) in [4.78, 5) is 30.3. The number of H-pyrrole nitrogens is 1. The molecule has 1 aliphatic heterocycles. The van der Waals surface area contributed by atoms with Crippen molar-refractivity contribution in [3.63, 3.8) is 0 Å². The molecule has 0 aliphatic carbocycles. The number of hydrogen-bond acceptors (Lipinski definition) is 4. The predicted octanol–water partition coefficient (Wildman–Crippen LogP) is 3.45. The van der Waals surface area contributed by atoms with E-state index in [0.717, 1.165) is 28.6 Å². The summed E-state index contributed by atoms with van der Waals surface area (Å²) in [6.45, 7) is 6.32. The van der Waals surface area contributed by atoms with E-state index < -0.39 is 0 Å². The Morgan fingerprint density at radius 2 is 2.07 bits per heavy atom. The van der Waals surface area contributed by atoms with Gasteiger partial charge in [0.05, 0.1) is 19.1 Å². The molecular weight excluding hydrogens is 368 g/mol. The summed E-state index contributed by atoms with van der Waals surface area (Å²) in [6, 6.07) is 7.87. The van der Waals surface area contributed by atoms with Crippen molar-refractivity contribution in [2.75, 3.05) is 20.3 Å². The van der Waals surface area contributed by atoms with E-state index >= 15 is 0 Å². The number of nitrogens with zero attached hydrogens (tertiary/aromatic N) is 1. The maximum atomic E-state index is 12.6. The average molecular weight is 401 g/mol. The van der Waals surface area contributed by atoms with E-state index in [4.69, 9.17) is 4.74 Å². The van der Waals surface area contributed by atoms with Gasteiger partial charge in [-0.3, -0.25) is 9.59 Å². The lowest BCUT2D eigenvalue weighted by atomic mass is 9.72. The Morgan fingerprint density at radius 1 is 1.34 bits per heavy atom. The van der Waals surface area contributed by atoms with Crippen LogP contribution in [0.15, 0.2) is 24.3 Å². The maximum absolute atomic E-state index is 12.6. The van der Waals surface area contributed by atoms with Crippen molar-refractivity contribution in [1.29, 1.82) is 0 Å². The number of aromatic nitrogens is 1. The summed E-state index contributed by atoms with van der Waals surface area (Å²) in [5.41, 5.74) is 3.04. The number of likely N-dealkylation sites (tertiary alicyclic amines) is 1. The van der Waals surface area contributed by atoms with Gasteiger partial charge in [0.25, 0.3) is 0 Å². The minimum Gasteiger partial charge on any atom is -0.469 e. The fraction of sp³-hybridized carbons (Fsp3) is 0.565. The van der Waals surface area contributed by atoms with Gasteiger partial charge in [0.2, 0.25) is 5.91 Å². The predicted molar refractivity (Wildman–Crippen MR) is 112 cm³/mol. The van der Waals surface area contributed by atoms with Crippen LogP contribution in [-0.4, -0.2) is 47.1 Å². The summed E-state index contributed by atoms with van der Waals surface area (Å²) in [5, 5.41) is 10.7. The van der Waals surface area contributed by atoms with Crippen LogP contribution in [0.5, 0.6) is 0 Å². The van der Waals surface area contributed by atoms with Gasteiger partial charge in [-0.25, -0.2) is 0 Å². The number of fused-ring (bicyclic) bond motifs is 1. The number of esters is 1. The van der Waals surface area contributed by atoms with Gasteiger partial charge in [-0.1, -0.05) is 38.5 Å². The Morgan fingerprint density at radius 3 is 2.69 bits per heavy atom. The van der Waals surface area contributed by atoms with Crippen LogP contribution in [0.3, 0.4) is 0 Å². The summed E-state index contributed by atoms with van der Waals surface area (Å²) in [6.07, 6.45) is 2.12. The summed E-state index contributed by atoms with van der Waals surface area (Å²) < 4.78 is 5.02. The SMILES string of the molecule is CC[C@H]1CN(C(C)=O)[C@H](c2[nH]c3ccccc3c2CCO)C[C@@H]1[C@H](C)C(=O)OC. The first-order valence-electron chi connectivity index (χ1n) is 10.5. The van der Waals surface area contributed by atoms with Gasteiger partial charge in [0, 0.05) is 36.7 Å². The molecule has 1 aromatic carbocycles. The van der Waals surface area contributed by atoms with E-state index in [1.807, 2.05) is 36.1 Å². The third kappa shape index (κ3) is 4.04. The molecule has 29 heavy (non-hydrogen) atoms. The van der Waals surface area contributed by atoms with Gasteiger partial charge in [0.1, 0.15) is 0 Å². The first-order chi connectivity index (χ1) is 13.9. The Labute approximate surface area is 172 Å². The summed E-state index contributed by atoms with van der Waals surface area (Å²) >= 11 is 0. The van der Waals surface area contributed by atoms with Crippen LogP contribution < -0.4 is 0 Å². The van der Waals surface area contributed by atoms with Gasteiger partial charge in [-0.2, -0.15) is 0 Å². The van der Waals surface area contributed by atoms with Crippen molar-refractivity contribution < 1.29 is 19.4 Å². The van der Waals surface area contributed by atoms with Gasteiger partial charge in [-0.15, -0.1) is 0 Å². The number of aliphatic hydroxyl groups is 1. The van der Waals surface area contributed by atoms with Crippen molar-refractivity contribution in [3.05, 3.63) is 35.5 Å². The van der Waals surface area contributed by atoms with E-state index in [0.29, 0.717) is 19.4 Å². The molecule has 0 spiro atoms. The molecule has 6 heteroatoms. The lowest BCUT2D eigenvalue weighted by Gasteiger charge is -2.45. The van der Waals surface area contributed by atoms with Gasteiger partial charge >= 0.3 is 5.97 Å².